The molecule has 2 aliphatic rings. The van der Waals surface area contributed by atoms with Gasteiger partial charge in [-0.25, -0.2) is 9.97 Å². The number of rotatable bonds is 1. The van der Waals surface area contributed by atoms with Crippen LogP contribution in [0.1, 0.15) is 12.8 Å². The summed E-state index contributed by atoms with van der Waals surface area (Å²) >= 11 is 0. The largest absolute Gasteiger partial charge is 0.355 e. The second-order valence-electron chi connectivity index (χ2n) is 5.31. The van der Waals surface area contributed by atoms with Crippen LogP contribution in [0.5, 0.6) is 0 Å². The maximum absolute atomic E-state index is 4.49. The van der Waals surface area contributed by atoms with Crippen molar-refractivity contribution in [3.05, 3.63) is 30.7 Å². The van der Waals surface area contributed by atoms with Crippen molar-refractivity contribution < 1.29 is 0 Å². The summed E-state index contributed by atoms with van der Waals surface area (Å²) < 4.78 is 0. The van der Waals surface area contributed by atoms with Crippen molar-refractivity contribution in [2.75, 3.05) is 18.0 Å². The quantitative estimate of drug-likeness (QED) is 0.778. The van der Waals surface area contributed by atoms with E-state index in [0.29, 0.717) is 0 Å². The van der Waals surface area contributed by atoms with E-state index in [1.54, 1.807) is 6.33 Å². The Bertz CT molecular complexity index is 585. The topological polar surface area (TPSA) is 44.8 Å². The van der Waals surface area contributed by atoms with Gasteiger partial charge in [-0.05, 0) is 30.7 Å². The first-order valence-electron chi connectivity index (χ1n) is 6.60. The molecule has 4 nitrogen and oxygen atoms in total. The highest BCUT2D eigenvalue weighted by atomic mass is 15.2. The van der Waals surface area contributed by atoms with Crippen molar-refractivity contribution in [2.24, 2.45) is 11.8 Å². The zero-order chi connectivity index (χ0) is 11.9. The van der Waals surface area contributed by atoms with Gasteiger partial charge in [0.1, 0.15) is 17.8 Å². The standard InChI is InChI=1S/C14H16N4/c1-2-4-11-8-18(7-10(11)3-1)14-12-5-6-15-13(12)16-9-17-14/h1-2,5-6,9-11H,3-4,7-8H2,(H,15,16,17)/t10-,11+. The lowest BCUT2D eigenvalue weighted by Crippen LogP contribution is -2.21. The van der Waals surface area contributed by atoms with Gasteiger partial charge >= 0.3 is 0 Å². The minimum atomic E-state index is 0.805. The molecule has 1 saturated heterocycles. The lowest BCUT2D eigenvalue weighted by molar-refractivity contribution is 0.411. The number of nitrogens with one attached hydrogen (secondary N) is 1. The third-order valence-electron chi connectivity index (χ3n) is 4.25. The van der Waals surface area contributed by atoms with Gasteiger partial charge in [-0.1, -0.05) is 12.2 Å². The van der Waals surface area contributed by atoms with Gasteiger partial charge in [0, 0.05) is 19.3 Å². The zero-order valence-electron chi connectivity index (χ0n) is 10.2. The van der Waals surface area contributed by atoms with Gasteiger partial charge in [0.2, 0.25) is 0 Å². The molecule has 0 spiro atoms. The number of H-pyrrole nitrogens is 1. The third-order valence-corrected chi connectivity index (χ3v) is 4.25. The van der Waals surface area contributed by atoms with Crippen LogP contribution in [-0.4, -0.2) is 28.0 Å². The number of fused-ring (bicyclic) bond motifs is 2. The molecule has 0 aromatic carbocycles. The van der Waals surface area contributed by atoms with Gasteiger partial charge in [-0.15, -0.1) is 0 Å². The van der Waals surface area contributed by atoms with Crippen molar-refractivity contribution in [1.29, 1.82) is 0 Å². The maximum atomic E-state index is 4.49. The summed E-state index contributed by atoms with van der Waals surface area (Å²) in [6, 6.07) is 2.07. The lowest BCUT2D eigenvalue weighted by atomic mass is 9.86. The molecule has 1 fully saturated rings. The van der Waals surface area contributed by atoms with Gasteiger partial charge in [-0.3, -0.25) is 0 Å². The van der Waals surface area contributed by atoms with E-state index in [2.05, 4.69) is 38.1 Å². The summed E-state index contributed by atoms with van der Waals surface area (Å²) in [5.74, 6) is 2.70. The highest BCUT2D eigenvalue weighted by Gasteiger charge is 2.33. The van der Waals surface area contributed by atoms with Crippen molar-refractivity contribution in [3.63, 3.8) is 0 Å². The number of hydrogen-bond donors (Lipinski definition) is 1. The van der Waals surface area contributed by atoms with Crippen molar-refractivity contribution in [2.45, 2.75) is 12.8 Å². The predicted molar refractivity (Wildman–Crippen MR) is 71.5 cm³/mol. The van der Waals surface area contributed by atoms with E-state index >= 15 is 0 Å². The van der Waals surface area contributed by atoms with Crippen LogP contribution in [-0.2, 0) is 0 Å². The number of hydrogen-bond acceptors (Lipinski definition) is 3. The molecule has 1 N–H and O–H groups in total. The number of aromatic nitrogens is 3. The van der Waals surface area contributed by atoms with Crippen molar-refractivity contribution >= 4 is 16.9 Å². The van der Waals surface area contributed by atoms with Gasteiger partial charge in [0.05, 0.1) is 5.39 Å². The monoisotopic (exact) mass is 240 g/mol. The molecule has 2 aromatic heterocycles. The first-order chi connectivity index (χ1) is 8.92. The van der Waals surface area contributed by atoms with Crippen LogP contribution in [0, 0.1) is 11.8 Å². The molecular weight excluding hydrogens is 224 g/mol. The minimum absolute atomic E-state index is 0.805. The molecule has 2 aromatic rings. The molecule has 4 rings (SSSR count). The van der Waals surface area contributed by atoms with Gasteiger partial charge in [0.25, 0.3) is 0 Å². The van der Waals surface area contributed by atoms with E-state index in [1.165, 1.54) is 12.8 Å². The molecule has 0 saturated carbocycles. The van der Waals surface area contributed by atoms with Crippen LogP contribution in [0.25, 0.3) is 11.0 Å². The van der Waals surface area contributed by atoms with Gasteiger partial charge in [0.15, 0.2) is 0 Å². The molecule has 4 heteroatoms. The van der Waals surface area contributed by atoms with Crippen LogP contribution < -0.4 is 4.90 Å². The Kier molecular flexibility index (Phi) is 2.15. The second-order valence-corrected chi connectivity index (χ2v) is 5.31. The molecular formula is C14H16N4. The number of allylic oxidation sites excluding steroid dienone is 2. The molecule has 92 valence electrons. The van der Waals surface area contributed by atoms with Crippen LogP contribution in [0.2, 0.25) is 0 Å². The number of aromatic amines is 1. The van der Waals surface area contributed by atoms with Gasteiger partial charge < -0.3 is 9.88 Å². The maximum Gasteiger partial charge on any atom is 0.142 e. The lowest BCUT2D eigenvalue weighted by Gasteiger charge is -2.17. The Balaban J connectivity index is 1.70. The number of nitrogens with zero attached hydrogens (tertiary/aromatic N) is 3. The summed E-state index contributed by atoms with van der Waals surface area (Å²) in [6.45, 7) is 2.26. The predicted octanol–water partition coefficient (Wildman–Crippen LogP) is 2.36. The average Bonchev–Trinajstić information content (AvgIpc) is 3.04. The molecule has 0 unspecified atom stereocenters. The summed E-state index contributed by atoms with van der Waals surface area (Å²) in [6.07, 6.45) is 10.7. The van der Waals surface area contributed by atoms with E-state index in [0.717, 1.165) is 41.8 Å². The third kappa shape index (κ3) is 1.45. The molecule has 1 aliphatic heterocycles. The highest BCUT2D eigenvalue weighted by molar-refractivity contribution is 5.87. The van der Waals surface area contributed by atoms with Crippen LogP contribution in [0.3, 0.4) is 0 Å². The molecule has 2 atom stereocenters. The van der Waals surface area contributed by atoms with E-state index in [9.17, 15) is 0 Å². The van der Waals surface area contributed by atoms with E-state index < -0.39 is 0 Å². The first-order valence-corrected chi connectivity index (χ1v) is 6.60. The summed E-state index contributed by atoms with van der Waals surface area (Å²) in [4.78, 5) is 14.3. The van der Waals surface area contributed by atoms with Crippen molar-refractivity contribution in [3.8, 4) is 0 Å². The first kappa shape index (κ1) is 10.1. The molecule has 1 aliphatic carbocycles. The van der Waals surface area contributed by atoms with Crippen LogP contribution in [0.15, 0.2) is 30.7 Å². The summed E-state index contributed by atoms with van der Waals surface area (Å²) in [5.41, 5.74) is 0.938. The SMILES string of the molecule is C1=CC[C@H]2CN(c3ncnc4[nH]ccc34)C[C@H]2C1. The van der Waals surface area contributed by atoms with Crippen LogP contribution in [0.4, 0.5) is 5.82 Å². The van der Waals surface area contributed by atoms with Crippen molar-refractivity contribution in [1.82, 2.24) is 15.0 Å². The zero-order valence-corrected chi connectivity index (χ0v) is 10.2. The molecule has 18 heavy (non-hydrogen) atoms. The molecule has 0 radical (unpaired) electrons. The fourth-order valence-corrected chi connectivity index (χ4v) is 3.30. The van der Waals surface area contributed by atoms with E-state index in [-0.39, 0.29) is 0 Å². The Labute approximate surface area is 106 Å². The molecule has 0 amide bonds. The van der Waals surface area contributed by atoms with Gasteiger partial charge in [-0.2, -0.15) is 0 Å². The Hall–Kier alpha value is -1.84. The summed E-state index contributed by atoms with van der Waals surface area (Å²) in [7, 11) is 0. The number of anilines is 1. The van der Waals surface area contributed by atoms with E-state index in [1.807, 2.05) is 6.20 Å². The molecule has 0 bridgehead atoms. The summed E-state index contributed by atoms with van der Waals surface area (Å²) in [5, 5.41) is 1.14. The Morgan fingerprint density at radius 3 is 2.67 bits per heavy atom. The van der Waals surface area contributed by atoms with Crippen LogP contribution >= 0.6 is 0 Å². The normalized spacial score (nSPS) is 26.8. The smallest absolute Gasteiger partial charge is 0.142 e. The minimum Gasteiger partial charge on any atom is -0.355 e. The second kappa shape index (κ2) is 3.83. The Morgan fingerprint density at radius 2 is 1.89 bits per heavy atom. The fraction of sp³-hybridized carbons (Fsp3) is 0.429. The highest BCUT2D eigenvalue weighted by Crippen LogP contribution is 2.36. The average molecular weight is 240 g/mol. The Morgan fingerprint density at radius 1 is 1.11 bits per heavy atom. The van der Waals surface area contributed by atoms with E-state index in [4.69, 9.17) is 0 Å². The fourth-order valence-electron chi connectivity index (χ4n) is 3.30. The molecule has 3 heterocycles.